The molecule has 1 fully saturated rings. The largest absolute Gasteiger partial charge is 0.497 e. The normalized spacial score (nSPS) is 16.9. The van der Waals surface area contributed by atoms with Crippen molar-refractivity contribution < 1.29 is 19.4 Å². The molecule has 1 aliphatic rings. The maximum Gasteiger partial charge on any atom is 0.254 e. The van der Waals surface area contributed by atoms with Crippen molar-refractivity contribution in [2.24, 2.45) is 0 Å². The monoisotopic (exact) mass is 371 g/mol. The molecule has 144 valence electrons. The smallest absolute Gasteiger partial charge is 0.254 e. The van der Waals surface area contributed by atoms with Crippen LogP contribution in [-0.4, -0.2) is 53.2 Å². The third-order valence-electron chi connectivity index (χ3n) is 4.88. The molecule has 0 bridgehead atoms. The van der Waals surface area contributed by atoms with Gasteiger partial charge in [0, 0.05) is 42.4 Å². The molecule has 0 radical (unpaired) electrons. The fourth-order valence-corrected chi connectivity index (χ4v) is 3.49. The first-order chi connectivity index (χ1) is 13.0. The van der Waals surface area contributed by atoms with Gasteiger partial charge in [-0.05, 0) is 31.9 Å². The maximum absolute atomic E-state index is 13.1. The predicted octanol–water partition coefficient (Wildman–Crippen LogP) is 2.31. The molecule has 1 N–H and O–H groups in total. The Labute approximate surface area is 159 Å². The van der Waals surface area contributed by atoms with Gasteiger partial charge in [0.15, 0.2) is 0 Å². The number of hydrogen-bond acceptors (Lipinski definition) is 6. The highest BCUT2D eigenvalue weighted by molar-refractivity contribution is 5.95. The average Bonchev–Trinajstić information content (AvgIpc) is 2.72. The number of hydrogen-bond donors (Lipinski definition) is 1. The van der Waals surface area contributed by atoms with E-state index in [0.717, 1.165) is 24.1 Å². The number of likely N-dealkylation sites (tertiary alicyclic amines) is 1. The van der Waals surface area contributed by atoms with Crippen molar-refractivity contribution in [2.75, 3.05) is 27.3 Å². The fourth-order valence-electron chi connectivity index (χ4n) is 3.49. The number of aromatic nitrogens is 2. The molecule has 7 nitrogen and oxygen atoms in total. The number of methoxy groups -OCH3 is 2. The number of benzene rings is 1. The summed E-state index contributed by atoms with van der Waals surface area (Å²) in [4.78, 5) is 23.6. The lowest BCUT2D eigenvalue weighted by molar-refractivity contribution is 0.0704. The van der Waals surface area contributed by atoms with Crippen LogP contribution in [0.15, 0.2) is 24.4 Å². The molecule has 0 saturated carbocycles. The van der Waals surface area contributed by atoms with Gasteiger partial charge >= 0.3 is 0 Å². The molecule has 1 saturated heterocycles. The number of nitrogens with zero attached hydrogens (tertiary/aromatic N) is 3. The highest BCUT2D eigenvalue weighted by Gasteiger charge is 2.28. The Hall–Kier alpha value is -2.67. The molecular weight excluding hydrogens is 346 g/mol. The minimum absolute atomic E-state index is 0.0618. The SMILES string of the molecule is COc1cc(OC)cc(C(=O)N2CCCC(c3nc(C)ncc3CO)C2)c1. The van der Waals surface area contributed by atoms with Crippen LogP contribution in [-0.2, 0) is 6.61 Å². The van der Waals surface area contributed by atoms with Crippen molar-refractivity contribution in [2.45, 2.75) is 32.3 Å². The van der Waals surface area contributed by atoms with Crippen LogP contribution in [0.5, 0.6) is 11.5 Å². The lowest BCUT2D eigenvalue weighted by Crippen LogP contribution is -2.39. The van der Waals surface area contributed by atoms with E-state index in [1.807, 2.05) is 11.8 Å². The second kappa shape index (κ2) is 8.35. The van der Waals surface area contributed by atoms with E-state index in [-0.39, 0.29) is 18.4 Å². The number of aryl methyl sites for hydroxylation is 1. The number of rotatable bonds is 5. The van der Waals surface area contributed by atoms with Gasteiger partial charge in [0.05, 0.1) is 26.5 Å². The van der Waals surface area contributed by atoms with Gasteiger partial charge in [0.25, 0.3) is 5.91 Å². The number of aliphatic hydroxyl groups excluding tert-OH is 1. The lowest BCUT2D eigenvalue weighted by Gasteiger charge is -2.33. The van der Waals surface area contributed by atoms with Gasteiger partial charge in [-0.2, -0.15) is 0 Å². The molecule has 1 aromatic carbocycles. The first kappa shape index (κ1) is 19.1. The van der Waals surface area contributed by atoms with Gasteiger partial charge in [-0.15, -0.1) is 0 Å². The van der Waals surface area contributed by atoms with E-state index in [9.17, 15) is 9.90 Å². The Kier molecular flexibility index (Phi) is 5.91. The number of carbonyl (C=O) groups excluding carboxylic acids is 1. The maximum atomic E-state index is 13.1. The second-order valence-corrected chi connectivity index (χ2v) is 6.68. The summed E-state index contributed by atoms with van der Waals surface area (Å²) in [6.07, 6.45) is 3.48. The first-order valence-corrected chi connectivity index (χ1v) is 9.01. The zero-order valence-electron chi connectivity index (χ0n) is 15.9. The molecule has 1 aliphatic heterocycles. The summed E-state index contributed by atoms with van der Waals surface area (Å²) in [5.41, 5.74) is 2.10. The van der Waals surface area contributed by atoms with Crippen LogP contribution in [0.25, 0.3) is 0 Å². The van der Waals surface area contributed by atoms with E-state index in [1.165, 1.54) is 0 Å². The minimum Gasteiger partial charge on any atom is -0.497 e. The summed E-state index contributed by atoms with van der Waals surface area (Å²) in [6.45, 7) is 2.97. The van der Waals surface area contributed by atoms with Crippen molar-refractivity contribution >= 4 is 5.91 Å². The Morgan fingerprint density at radius 3 is 2.59 bits per heavy atom. The van der Waals surface area contributed by atoms with E-state index in [1.54, 1.807) is 38.6 Å². The van der Waals surface area contributed by atoms with Crippen LogP contribution in [0.1, 0.15) is 46.2 Å². The van der Waals surface area contributed by atoms with E-state index >= 15 is 0 Å². The minimum atomic E-state index is -0.104. The van der Waals surface area contributed by atoms with Gasteiger partial charge < -0.3 is 19.5 Å². The van der Waals surface area contributed by atoms with Crippen molar-refractivity contribution in [3.63, 3.8) is 0 Å². The van der Waals surface area contributed by atoms with Crippen LogP contribution in [0, 0.1) is 6.92 Å². The van der Waals surface area contributed by atoms with Gasteiger partial charge in [0.2, 0.25) is 0 Å². The Morgan fingerprint density at radius 1 is 1.26 bits per heavy atom. The molecule has 1 amide bonds. The number of piperidine rings is 1. The lowest BCUT2D eigenvalue weighted by atomic mass is 9.91. The predicted molar refractivity (Wildman–Crippen MR) is 100 cm³/mol. The summed E-state index contributed by atoms with van der Waals surface area (Å²) in [7, 11) is 3.13. The Balaban J connectivity index is 1.84. The molecule has 1 atom stereocenters. The van der Waals surface area contributed by atoms with Crippen molar-refractivity contribution in [1.29, 1.82) is 0 Å². The molecule has 0 spiro atoms. The number of aliphatic hydroxyl groups is 1. The highest BCUT2D eigenvalue weighted by atomic mass is 16.5. The van der Waals surface area contributed by atoms with E-state index < -0.39 is 0 Å². The van der Waals surface area contributed by atoms with Crippen LogP contribution < -0.4 is 9.47 Å². The summed E-state index contributed by atoms with van der Waals surface area (Å²) in [6, 6.07) is 5.19. The topological polar surface area (TPSA) is 84.8 Å². The number of amides is 1. The van der Waals surface area contributed by atoms with Gasteiger partial charge in [-0.25, -0.2) is 9.97 Å². The summed E-state index contributed by atoms with van der Waals surface area (Å²) >= 11 is 0. The number of ether oxygens (including phenoxy) is 2. The van der Waals surface area contributed by atoms with E-state index in [4.69, 9.17) is 9.47 Å². The van der Waals surface area contributed by atoms with Gasteiger partial charge in [-0.1, -0.05) is 0 Å². The third-order valence-corrected chi connectivity index (χ3v) is 4.88. The molecule has 2 heterocycles. The fraction of sp³-hybridized carbons (Fsp3) is 0.450. The van der Waals surface area contributed by atoms with Crippen molar-refractivity contribution in [3.8, 4) is 11.5 Å². The molecule has 7 heteroatoms. The van der Waals surface area contributed by atoms with Gasteiger partial charge in [-0.3, -0.25) is 4.79 Å². The molecule has 3 rings (SSSR count). The zero-order chi connectivity index (χ0) is 19.4. The molecule has 2 aromatic rings. The summed E-state index contributed by atoms with van der Waals surface area (Å²) in [5, 5.41) is 9.62. The van der Waals surface area contributed by atoms with Crippen molar-refractivity contribution in [1.82, 2.24) is 14.9 Å². The average molecular weight is 371 g/mol. The highest BCUT2D eigenvalue weighted by Crippen LogP contribution is 2.30. The Bertz CT molecular complexity index is 803. The van der Waals surface area contributed by atoms with Crippen LogP contribution in [0.4, 0.5) is 0 Å². The first-order valence-electron chi connectivity index (χ1n) is 9.01. The van der Waals surface area contributed by atoms with Crippen LogP contribution in [0.2, 0.25) is 0 Å². The number of carbonyl (C=O) groups is 1. The quantitative estimate of drug-likeness (QED) is 0.868. The Morgan fingerprint density at radius 2 is 1.96 bits per heavy atom. The second-order valence-electron chi connectivity index (χ2n) is 6.68. The molecular formula is C20H25N3O4. The molecule has 1 aromatic heterocycles. The molecule has 0 aliphatic carbocycles. The molecule has 1 unspecified atom stereocenters. The van der Waals surface area contributed by atoms with E-state index in [0.29, 0.717) is 36.0 Å². The zero-order valence-corrected chi connectivity index (χ0v) is 15.9. The van der Waals surface area contributed by atoms with Gasteiger partial charge in [0.1, 0.15) is 17.3 Å². The third kappa shape index (κ3) is 4.19. The van der Waals surface area contributed by atoms with Crippen LogP contribution in [0.3, 0.4) is 0 Å². The summed E-state index contributed by atoms with van der Waals surface area (Å²) < 4.78 is 10.5. The van der Waals surface area contributed by atoms with E-state index in [2.05, 4.69) is 9.97 Å². The molecule has 27 heavy (non-hydrogen) atoms. The van der Waals surface area contributed by atoms with Crippen molar-refractivity contribution in [3.05, 3.63) is 47.0 Å². The standard InChI is InChI=1S/C20H25N3O4/c1-13-21-10-16(12-24)19(22-13)14-5-4-6-23(11-14)20(25)15-7-17(26-2)9-18(8-15)27-3/h7-10,14,24H,4-6,11-12H2,1-3H3. The van der Waals surface area contributed by atoms with Crippen LogP contribution >= 0.6 is 0 Å². The summed E-state index contributed by atoms with van der Waals surface area (Å²) in [5.74, 6) is 1.86.